The molecule has 0 bridgehead atoms. The third-order valence-corrected chi connectivity index (χ3v) is 0.246. The van der Waals surface area contributed by atoms with Crippen molar-refractivity contribution in [1.82, 2.24) is 0 Å². The van der Waals surface area contributed by atoms with Crippen LogP contribution in [0.2, 0.25) is 0 Å². The molecule has 3 nitrogen and oxygen atoms in total. The quantitative estimate of drug-likeness (QED) is 0.168. The van der Waals surface area contributed by atoms with Gasteiger partial charge in [0.1, 0.15) is 0 Å². The van der Waals surface area contributed by atoms with Crippen molar-refractivity contribution in [3.63, 3.8) is 0 Å². The summed E-state index contributed by atoms with van der Waals surface area (Å²) in [6.07, 6.45) is 0. The zero-order chi connectivity index (χ0) is 8.78. The summed E-state index contributed by atoms with van der Waals surface area (Å²) in [5, 5.41) is 9.53. The van der Waals surface area contributed by atoms with Gasteiger partial charge in [0.25, 0.3) is 0 Å². The molecule has 0 aromatic heterocycles. The summed E-state index contributed by atoms with van der Waals surface area (Å²) in [4.78, 5) is 0. The molecular weight excluding hydrogens is 215 g/mol. The van der Waals surface area contributed by atoms with Gasteiger partial charge in [-0.3, -0.25) is 4.55 Å². The van der Waals surface area contributed by atoms with E-state index in [1.54, 1.807) is 6.92 Å². The molecule has 64 valence electrons. The van der Waals surface area contributed by atoms with E-state index in [2.05, 4.69) is 29.9 Å². The molecule has 0 rings (SSSR count). The van der Waals surface area contributed by atoms with Gasteiger partial charge in [0.05, 0.1) is 0 Å². The normalized spacial score (nSPS) is 10.3. The van der Waals surface area contributed by atoms with Crippen molar-refractivity contribution in [3.8, 4) is 0 Å². The molecule has 7 heteroatoms. The Kier molecular flexibility index (Phi) is 16.0. The van der Waals surface area contributed by atoms with E-state index in [1.807, 2.05) is 0 Å². The molecule has 0 heterocycles. The van der Waals surface area contributed by atoms with Crippen LogP contribution in [0.15, 0.2) is 12.2 Å². The summed E-state index contributed by atoms with van der Waals surface area (Å²) in [5.41, 5.74) is 0.699. The van der Waals surface area contributed by atoms with Gasteiger partial charge in [-0.15, -0.1) is 21.5 Å². The predicted molar refractivity (Wildman–Crippen MR) is 49.8 cm³/mol. The number of hydrogen-bond donors (Lipinski definition) is 4. The maximum atomic E-state index is 9.53. The first-order chi connectivity index (χ1) is 4.27. The van der Waals surface area contributed by atoms with Crippen LogP contribution >= 0.6 is 23.3 Å². The van der Waals surface area contributed by atoms with Crippen molar-refractivity contribution >= 4 is 31.6 Å². The monoisotopic (exact) mass is 226 g/mol. The van der Waals surface area contributed by atoms with Crippen molar-refractivity contribution in [2.75, 3.05) is 6.61 Å². The Morgan fingerprint density at radius 3 is 1.82 bits per heavy atom. The zero-order valence-corrected chi connectivity index (χ0v) is 11.2. The Hall–Kier alpha value is 1.51. The van der Waals surface area contributed by atoms with Gasteiger partial charge in [-0.25, -0.2) is 0 Å². The van der Waals surface area contributed by atoms with Gasteiger partial charge in [0.2, 0.25) is 0 Å². The molecule has 0 atom stereocenters. The fraction of sp³-hybridized carbons (Fsp3) is 0.500. The topological polar surface area (TPSA) is 60.4 Å². The predicted octanol–water partition coefficient (Wildman–Crippen LogP) is -2.91. The summed E-state index contributed by atoms with van der Waals surface area (Å²) in [5.74, 6) is 0. The third kappa shape index (κ3) is 84.5. The van der Waals surface area contributed by atoms with E-state index in [0.717, 1.165) is 0 Å². The van der Waals surface area contributed by atoms with E-state index in [1.165, 1.54) is 0 Å². The van der Waals surface area contributed by atoms with E-state index in [0.29, 0.717) is 5.57 Å². The van der Waals surface area contributed by atoms with Gasteiger partial charge < -0.3 is 5.11 Å². The molecule has 0 aliphatic heterocycles. The molecule has 0 amide bonds. The Bertz CT molecular complexity index is 135. The van der Waals surface area contributed by atoms with E-state index >= 15 is 0 Å². The minimum absolute atomic E-state index is 0. The fourth-order valence-electron chi connectivity index (χ4n) is 0. The summed E-state index contributed by atoms with van der Waals surface area (Å²) < 4.78 is 17.3. The van der Waals surface area contributed by atoms with Gasteiger partial charge in [-0.05, 0) is 30.2 Å². The Labute approximate surface area is 99.8 Å². The molecule has 0 radical (unpaired) electrons. The van der Waals surface area contributed by atoms with Gasteiger partial charge in [0.15, 0.2) is 0 Å². The Morgan fingerprint density at radius 2 is 1.82 bits per heavy atom. The first-order valence-electron chi connectivity index (χ1n) is 2.28. The van der Waals surface area contributed by atoms with Crippen LogP contribution < -0.4 is 34.7 Å². The van der Waals surface area contributed by atoms with Crippen molar-refractivity contribution in [2.45, 2.75) is 6.92 Å². The number of thiol groups is 3. The largest absolute Gasteiger partial charge is 1.00 e. The van der Waals surface area contributed by atoms with Gasteiger partial charge in [-0.2, -0.15) is 4.21 Å². The second-order valence-corrected chi connectivity index (χ2v) is 6.84. The molecule has 0 fully saturated rings. The fourth-order valence-corrected chi connectivity index (χ4v) is 0. The van der Waals surface area contributed by atoms with Crippen LogP contribution in [0.1, 0.15) is 6.92 Å². The van der Waals surface area contributed by atoms with Crippen LogP contribution in [0.5, 0.6) is 0 Å². The van der Waals surface area contributed by atoms with Gasteiger partial charge in [0, 0.05) is 0 Å². The van der Waals surface area contributed by atoms with Crippen LogP contribution in [-0.4, -0.2) is 15.4 Å². The van der Waals surface area contributed by atoms with Crippen molar-refractivity contribution in [2.24, 2.45) is 0 Å². The first-order valence-corrected chi connectivity index (χ1v) is 6.24. The summed E-state index contributed by atoms with van der Waals surface area (Å²) in [7, 11) is -3.25. The smallest absolute Gasteiger partial charge is 0.851 e. The number of hydrogen-bond acceptors (Lipinski definition) is 2. The molecule has 0 aliphatic rings. The summed E-state index contributed by atoms with van der Waals surface area (Å²) in [6, 6.07) is 0. The van der Waals surface area contributed by atoms with Crippen LogP contribution in [-0.2, 0) is 8.28 Å². The van der Waals surface area contributed by atoms with Crippen LogP contribution in [0.4, 0.5) is 0 Å². The van der Waals surface area contributed by atoms with Crippen LogP contribution in [0.25, 0.3) is 0 Å². The SMILES string of the molecule is C=C(C)C[O-].O=[SH](O)(S)S.[Na+]. The third-order valence-electron chi connectivity index (χ3n) is 0.246. The number of rotatable bonds is 1. The standard InChI is InChI=1S/C4H7O.Na.H4O2S3/c1-4(2)3-5;;1-5(2,3)4/h1,3H2,2H3;;5H,(H3,1,2,3,4)/q-1;+1;. The van der Waals surface area contributed by atoms with Gasteiger partial charge >= 0.3 is 29.6 Å². The average molecular weight is 226 g/mol. The Balaban J connectivity index is -0.000000107. The molecule has 11 heavy (non-hydrogen) atoms. The molecule has 0 saturated heterocycles. The molecule has 0 aromatic carbocycles. The molecule has 0 saturated carbocycles. The average Bonchev–Trinajstić information content (AvgIpc) is 1.61. The van der Waals surface area contributed by atoms with E-state index < -0.39 is 8.28 Å². The van der Waals surface area contributed by atoms with E-state index in [9.17, 15) is 9.32 Å². The zero-order valence-electron chi connectivity index (χ0n) is 6.52. The van der Waals surface area contributed by atoms with Crippen molar-refractivity contribution in [1.29, 1.82) is 0 Å². The van der Waals surface area contributed by atoms with E-state index in [4.69, 9.17) is 4.55 Å². The molecule has 0 unspecified atom stereocenters. The second-order valence-electron chi connectivity index (χ2n) is 1.61. The Morgan fingerprint density at radius 1 is 1.73 bits per heavy atom. The van der Waals surface area contributed by atoms with Gasteiger partial charge in [-0.1, -0.05) is 5.57 Å². The second kappa shape index (κ2) is 9.60. The minimum Gasteiger partial charge on any atom is -0.851 e. The molecule has 1 N–H and O–H groups in total. The minimum atomic E-state index is -3.25. The first kappa shape index (κ1) is 18.3. The maximum absolute atomic E-state index is 9.53. The summed E-state index contributed by atoms with van der Waals surface area (Å²) in [6.45, 7) is 4.94. The van der Waals surface area contributed by atoms with Crippen molar-refractivity contribution in [3.05, 3.63) is 12.2 Å². The maximum Gasteiger partial charge on any atom is 1.00 e. The molecule has 0 aliphatic carbocycles. The molecule has 0 spiro atoms. The summed E-state index contributed by atoms with van der Waals surface area (Å²) >= 11 is 6.20. The van der Waals surface area contributed by atoms with Crippen molar-refractivity contribution < 1.29 is 43.4 Å². The van der Waals surface area contributed by atoms with Crippen LogP contribution in [0, 0.1) is 0 Å². The molecular formula is C4H11NaO3S3. The molecule has 0 aromatic rings. The van der Waals surface area contributed by atoms with Crippen LogP contribution in [0.3, 0.4) is 0 Å². The van der Waals surface area contributed by atoms with E-state index in [-0.39, 0.29) is 36.2 Å².